The monoisotopic (exact) mass is 341 g/mol. The summed E-state index contributed by atoms with van der Waals surface area (Å²) >= 11 is 0. The first-order chi connectivity index (χ1) is 12.1. The van der Waals surface area contributed by atoms with E-state index in [0.29, 0.717) is 19.7 Å². The Balaban J connectivity index is 1.54. The van der Waals surface area contributed by atoms with Crippen molar-refractivity contribution in [1.82, 2.24) is 16.0 Å². The maximum Gasteiger partial charge on any atom is 0.315 e. The molecule has 3 amide bonds. The molecule has 132 valence electrons. The average Bonchev–Trinajstić information content (AvgIpc) is 2.64. The summed E-state index contributed by atoms with van der Waals surface area (Å²) in [5.74, 6) is 0.493. The first kappa shape index (κ1) is 18.3. The molecule has 6 nitrogen and oxygen atoms in total. The highest BCUT2D eigenvalue weighted by Crippen LogP contribution is 2.07. The van der Waals surface area contributed by atoms with Crippen molar-refractivity contribution in [1.29, 1.82) is 0 Å². The third-order valence-corrected chi connectivity index (χ3v) is 3.42. The van der Waals surface area contributed by atoms with Gasteiger partial charge in [0.25, 0.3) is 0 Å². The van der Waals surface area contributed by atoms with Crippen molar-refractivity contribution >= 4 is 11.9 Å². The third-order valence-electron chi connectivity index (χ3n) is 3.42. The van der Waals surface area contributed by atoms with Crippen LogP contribution >= 0.6 is 0 Å². The summed E-state index contributed by atoms with van der Waals surface area (Å²) in [6.07, 6.45) is 0. The van der Waals surface area contributed by atoms with E-state index in [2.05, 4.69) is 16.0 Å². The van der Waals surface area contributed by atoms with Crippen LogP contribution in [0.5, 0.6) is 5.75 Å². The molecular weight excluding hydrogens is 318 g/mol. The summed E-state index contributed by atoms with van der Waals surface area (Å²) in [7, 11) is 0. The van der Waals surface area contributed by atoms with Crippen LogP contribution in [0.1, 0.15) is 11.1 Å². The Kier molecular flexibility index (Phi) is 7.31. The normalized spacial score (nSPS) is 9.96. The number of hydrogen-bond donors (Lipinski definition) is 3. The number of carbonyl (C=O) groups is 2. The summed E-state index contributed by atoms with van der Waals surface area (Å²) in [5.41, 5.74) is 2.17. The van der Waals surface area contributed by atoms with Crippen molar-refractivity contribution in [2.24, 2.45) is 0 Å². The molecule has 3 N–H and O–H groups in total. The van der Waals surface area contributed by atoms with Gasteiger partial charge in [-0.25, -0.2) is 4.79 Å². The Morgan fingerprint density at radius 2 is 1.64 bits per heavy atom. The molecule has 0 aromatic heterocycles. The predicted molar refractivity (Wildman–Crippen MR) is 96.4 cm³/mol. The molecule has 2 aromatic carbocycles. The summed E-state index contributed by atoms with van der Waals surface area (Å²) < 4.78 is 5.46. The molecule has 0 fully saturated rings. The number of urea groups is 1. The summed E-state index contributed by atoms with van der Waals surface area (Å²) in [4.78, 5) is 23.3. The Bertz CT molecular complexity index is 672. The highest BCUT2D eigenvalue weighted by molar-refractivity contribution is 5.83. The van der Waals surface area contributed by atoms with Crippen molar-refractivity contribution in [2.45, 2.75) is 13.5 Å². The van der Waals surface area contributed by atoms with Gasteiger partial charge in [-0.05, 0) is 24.6 Å². The van der Waals surface area contributed by atoms with Gasteiger partial charge in [0.2, 0.25) is 5.91 Å². The van der Waals surface area contributed by atoms with Crippen molar-refractivity contribution in [3.8, 4) is 5.75 Å². The van der Waals surface area contributed by atoms with Crippen molar-refractivity contribution < 1.29 is 14.3 Å². The first-order valence-corrected chi connectivity index (χ1v) is 8.15. The van der Waals surface area contributed by atoms with Gasteiger partial charge < -0.3 is 20.7 Å². The minimum Gasteiger partial charge on any atom is -0.492 e. The molecule has 0 aliphatic carbocycles. The standard InChI is InChI=1S/C19H23N3O3/c1-15-7-9-16(10-8-15)13-21-19(24)22-14-18(23)20-11-12-25-17-5-3-2-4-6-17/h2-10H,11-14H2,1H3,(H,20,23)(H2,21,22,24). The lowest BCUT2D eigenvalue weighted by atomic mass is 10.1. The van der Waals surface area contributed by atoms with E-state index in [9.17, 15) is 9.59 Å². The zero-order valence-corrected chi connectivity index (χ0v) is 14.2. The lowest BCUT2D eigenvalue weighted by Crippen LogP contribution is -2.42. The van der Waals surface area contributed by atoms with Crippen LogP contribution in [-0.4, -0.2) is 31.6 Å². The van der Waals surface area contributed by atoms with Crippen molar-refractivity contribution in [3.05, 3.63) is 65.7 Å². The van der Waals surface area contributed by atoms with E-state index < -0.39 is 0 Å². The Labute approximate surface area is 147 Å². The van der Waals surface area contributed by atoms with Gasteiger partial charge in [0, 0.05) is 6.54 Å². The van der Waals surface area contributed by atoms with E-state index in [4.69, 9.17) is 4.74 Å². The molecule has 0 unspecified atom stereocenters. The minimum atomic E-state index is -0.378. The highest BCUT2D eigenvalue weighted by atomic mass is 16.5. The number of nitrogens with one attached hydrogen (secondary N) is 3. The number of ether oxygens (including phenoxy) is 1. The summed E-state index contributed by atoms with van der Waals surface area (Å²) in [6.45, 7) is 3.09. The molecule has 0 atom stereocenters. The van der Waals surface area contributed by atoms with Gasteiger partial charge in [0.15, 0.2) is 0 Å². The van der Waals surface area contributed by atoms with Crippen LogP contribution in [0.25, 0.3) is 0 Å². The van der Waals surface area contributed by atoms with Crippen LogP contribution < -0.4 is 20.7 Å². The number of rotatable bonds is 8. The van der Waals surface area contributed by atoms with Gasteiger partial charge in [-0.2, -0.15) is 0 Å². The molecule has 2 aromatic rings. The largest absolute Gasteiger partial charge is 0.492 e. The fraction of sp³-hybridized carbons (Fsp3) is 0.263. The Morgan fingerprint density at radius 1 is 0.920 bits per heavy atom. The van der Waals surface area contributed by atoms with E-state index in [1.54, 1.807) is 0 Å². The maximum atomic E-state index is 11.7. The van der Waals surface area contributed by atoms with Crippen LogP contribution in [0, 0.1) is 6.92 Å². The molecule has 0 heterocycles. The second kappa shape index (κ2) is 9.97. The molecule has 2 rings (SSSR count). The number of amides is 3. The topological polar surface area (TPSA) is 79.5 Å². The predicted octanol–water partition coefficient (Wildman–Crippen LogP) is 1.99. The molecule has 0 spiro atoms. The molecule has 25 heavy (non-hydrogen) atoms. The van der Waals surface area contributed by atoms with Gasteiger partial charge >= 0.3 is 6.03 Å². The number of para-hydroxylation sites is 1. The molecular formula is C19H23N3O3. The molecule has 0 bridgehead atoms. The van der Waals surface area contributed by atoms with Crippen LogP contribution in [-0.2, 0) is 11.3 Å². The second-order valence-electron chi connectivity index (χ2n) is 5.53. The molecule has 0 saturated carbocycles. The van der Waals surface area contributed by atoms with E-state index >= 15 is 0 Å². The number of benzene rings is 2. The van der Waals surface area contributed by atoms with Gasteiger partial charge in [0.1, 0.15) is 12.4 Å². The van der Waals surface area contributed by atoms with Gasteiger partial charge in [-0.1, -0.05) is 48.0 Å². The lowest BCUT2D eigenvalue weighted by molar-refractivity contribution is -0.120. The molecule has 0 saturated heterocycles. The van der Waals surface area contributed by atoms with Gasteiger partial charge in [-0.15, -0.1) is 0 Å². The van der Waals surface area contributed by atoms with E-state index in [1.165, 1.54) is 5.56 Å². The second-order valence-corrected chi connectivity index (χ2v) is 5.53. The summed E-state index contributed by atoms with van der Waals surface area (Å²) in [5, 5.41) is 7.91. The number of aryl methyl sites for hydroxylation is 1. The smallest absolute Gasteiger partial charge is 0.315 e. The molecule has 6 heteroatoms. The van der Waals surface area contributed by atoms with Crippen LogP contribution in [0.2, 0.25) is 0 Å². The van der Waals surface area contributed by atoms with Crippen molar-refractivity contribution in [2.75, 3.05) is 19.7 Å². The summed E-state index contributed by atoms with van der Waals surface area (Å²) in [6, 6.07) is 16.9. The van der Waals surface area contributed by atoms with Crippen LogP contribution in [0.3, 0.4) is 0 Å². The average molecular weight is 341 g/mol. The quantitative estimate of drug-likeness (QED) is 0.643. The minimum absolute atomic E-state index is 0.0783. The van der Waals surface area contributed by atoms with Crippen LogP contribution in [0.4, 0.5) is 4.79 Å². The Hall–Kier alpha value is -3.02. The number of carbonyl (C=O) groups excluding carboxylic acids is 2. The fourth-order valence-corrected chi connectivity index (χ4v) is 2.05. The van der Waals surface area contributed by atoms with Crippen molar-refractivity contribution in [3.63, 3.8) is 0 Å². The van der Waals surface area contributed by atoms with E-state index in [1.807, 2.05) is 61.5 Å². The molecule has 0 radical (unpaired) electrons. The van der Waals surface area contributed by atoms with Gasteiger partial charge in [0.05, 0.1) is 13.1 Å². The lowest BCUT2D eigenvalue weighted by Gasteiger charge is -2.09. The van der Waals surface area contributed by atoms with Gasteiger partial charge in [-0.3, -0.25) is 4.79 Å². The fourth-order valence-electron chi connectivity index (χ4n) is 2.05. The van der Waals surface area contributed by atoms with E-state index in [-0.39, 0.29) is 18.5 Å². The Morgan fingerprint density at radius 3 is 2.36 bits per heavy atom. The van der Waals surface area contributed by atoms with Crippen LogP contribution in [0.15, 0.2) is 54.6 Å². The first-order valence-electron chi connectivity index (χ1n) is 8.15. The zero-order chi connectivity index (χ0) is 17.9. The molecule has 0 aliphatic heterocycles. The molecule has 0 aliphatic rings. The third kappa shape index (κ3) is 7.39. The SMILES string of the molecule is Cc1ccc(CNC(=O)NCC(=O)NCCOc2ccccc2)cc1. The number of hydrogen-bond acceptors (Lipinski definition) is 3. The zero-order valence-electron chi connectivity index (χ0n) is 14.2. The van der Waals surface area contributed by atoms with E-state index in [0.717, 1.165) is 11.3 Å². The highest BCUT2D eigenvalue weighted by Gasteiger charge is 2.04. The maximum absolute atomic E-state index is 11.7.